The molecular formula is C15H23N3O3. The lowest BCUT2D eigenvalue weighted by Crippen LogP contribution is -2.41. The molecule has 1 fully saturated rings. The van der Waals surface area contributed by atoms with Crippen LogP contribution in [-0.4, -0.2) is 35.2 Å². The van der Waals surface area contributed by atoms with Gasteiger partial charge in [0, 0.05) is 5.92 Å². The van der Waals surface area contributed by atoms with Gasteiger partial charge >= 0.3 is 5.97 Å². The fourth-order valence-corrected chi connectivity index (χ4v) is 2.89. The van der Waals surface area contributed by atoms with Gasteiger partial charge in [-0.15, -0.1) is 0 Å². The Labute approximate surface area is 124 Å². The number of hydrogen-bond donors (Lipinski definition) is 2. The molecule has 0 saturated heterocycles. The lowest BCUT2D eigenvalue weighted by Gasteiger charge is -2.21. The van der Waals surface area contributed by atoms with Crippen LogP contribution in [0.3, 0.4) is 0 Å². The van der Waals surface area contributed by atoms with E-state index in [4.69, 9.17) is 4.74 Å². The van der Waals surface area contributed by atoms with E-state index in [9.17, 15) is 9.59 Å². The summed E-state index contributed by atoms with van der Waals surface area (Å²) in [6.45, 7) is 1.83. The number of nitrogens with one attached hydrogen (secondary N) is 2. The van der Waals surface area contributed by atoms with Crippen molar-refractivity contribution in [3.8, 4) is 0 Å². The molecule has 116 valence electrons. The first-order valence-corrected chi connectivity index (χ1v) is 7.59. The molecule has 0 radical (unpaired) electrons. The van der Waals surface area contributed by atoms with Gasteiger partial charge in [-0.05, 0) is 19.3 Å². The maximum absolute atomic E-state index is 12.4. The van der Waals surface area contributed by atoms with Crippen LogP contribution in [0.2, 0.25) is 0 Å². The average molecular weight is 293 g/mol. The first-order chi connectivity index (χ1) is 10.2. The number of esters is 1. The molecule has 0 aliphatic heterocycles. The number of methoxy groups -OCH3 is 1. The van der Waals surface area contributed by atoms with Gasteiger partial charge < -0.3 is 10.1 Å². The van der Waals surface area contributed by atoms with Crippen LogP contribution in [0.15, 0.2) is 6.20 Å². The van der Waals surface area contributed by atoms with Crippen LogP contribution in [0.25, 0.3) is 0 Å². The quantitative estimate of drug-likeness (QED) is 0.815. The zero-order valence-corrected chi connectivity index (χ0v) is 12.6. The van der Waals surface area contributed by atoms with Gasteiger partial charge in [-0.3, -0.25) is 9.89 Å². The van der Waals surface area contributed by atoms with Crippen LogP contribution in [-0.2, 0) is 9.53 Å². The summed E-state index contributed by atoms with van der Waals surface area (Å²) in [5.74, 6) is -0.324. The van der Waals surface area contributed by atoms with Crippen molar-refractivity contribution in [3.63, 3.8) is 0 Å². The Bertz CT molecular complexity index is 492. The number of ether oxygens (including phenoxy) is 1. The first kappa shape index (κ1) is 15.5. The Balaban J connectivity index is 2.09. The van der Waals surface area contributed by atoms with Crippen LogP contribution in [0.5, 0.6) is 0 Å². The number of amides is 1. The number of aromatic nitrogens is 2. The minimum absolute atomic E-state index is 0.262. The van der Waals surface area contributed by atoms with Gasteiger partial charge in [0.05, 0.1) is 24.6 Å². The van der Waals surface area contributed by atoms with E-state index >= 15 is 0 Å². The molecule has 2 rings (SSSR count). The predicted molar refractivity (Wildman–Crippen MR) is 78.0 cm³/mol. The number of rotatable bonds is 5. The maximum Gasteiger partial charge on any atom is 0.328 e. The third-order valence-electron chi connectivity index (χ3n) is 4.13. The molecular weight excluding hydrogens is 270 g/mol. The van der Waals surface area contributed by atoms with Crippen LogP contribution < -0.4 is 5.32 Å². The number of hydrogen-bond acceptors (Lipinski definition) is 4. The van der Waals surface area contributed by atoms with Gasteiger partial charge in [0.2, 0.25) is 0 Å². The molecule has 1 aliphatic rings. The van der Waals surface area contributed by atoms with E-state index in [0.717, 1.165) is 18.5 Å². The second kappa shape index (κ2) is 7.24. The van der Waals surface area contributed by atoms with Gasteiger partial charge in [-0.1, -0.05) is 26.2 Å². The van der Waals surface area contributed by atoms with Crippen molar-refractivity contribution in [1.82, 2.24) is 15.5 Å². The molecule has 1 heterocycles. The summed E-state index contributed by atoms with van der Waals surface area (Å²) in [6.07, 6.45) is 7.83. The highest BCUT2D eigenvalue weighted by Gasteiger charge is 2.26. The monoisotopic (exact) mass is 293 g/mol. The van der Waals surface area contributed by atoms with Crippen molar-refractivity contribution in [2.45, 2.75) is 57.4 Å². The number of aromatic amines is 1. The van der Waals surface area contributed by atoms with Crippen LogP contribution >= 0.6 is 0 Å². The fraction of sp³-hybridized carbons (Fsp3) is 0.667. The molecule has 0 unspecified atom stereocenters. The third kappa shape index (κ3) is 3.62. The standard InChI is InChI=1S/C15H23N3O3/c1-3-12(15(20)21-2)17-14(19)11-9-16-18-13(11)10-7-5-4-6-8-10/h9-10,12H,3-8H2,1-2H3,(H,16,18)(H,17,19)/t12-/m1/s1. The van der Waals surface area contributed by atoms with Gasteiger partial charge in [-0.2, -0.15) is 5.10 Å². The van der Waals surface area contributed by atoms with E-state index in [1.165, 1.54) is 26.4 Å². The average Bonchev–Trinajstić information content (AvgIpc) is 3.02. The predicted octanol–water partition coefficient (Wildman–Crippen LogP) is 2.14. The van der Waals surface area contributed by atoms with Crippen molar-refractivity contribution in [1.29, 1.82) is 0 Å². The Morgan fingerprint density at radius 1 is 1.43 bits per heavy atom. The third-order valence-corrected chi connectivity index (χ3v) is 4.13. The molecule has 1 amide bonds. The van der Waals surface area contributed by atoms with E-state index in [-0.39, 0.29) is 5.91 Å². The van der Waals surface area contributed by atoms with Crippen LogP contribution in [0.1, 0.15) is 67.4 Å². The molecule has 6 heteroatoms. The van der Waals surface area contributed by atoms with Crippen molar-refractivity contribution < 1.29 is 14.3 Å². The van der Waals surface area contributed by atoms with Crippen molar-refractivity contribution in [3.05, 3.63) is 17.5 Å². The molecule has 1 saturated carbocycles. The summed E-state index contributed by atoms with van der Waals surface area (Å²) in [7, 11) is 1.32. The van der Waals surface area contributed by atoms with E-state index in [1.54, 1.807) is 6.20 Å². The topological polar surface area (TPSA) is 84.1 Å². The minimum Gasteiger partial charge on any atom is -0.467 e. The maximum atomic E-state index is 12.4. The Morgan fingerprint density at radius 3 is 2.76 bits per heavy atom. The molecule has 1 aromatic rings. The fourth-order valence-electron chi connectivity index (χ4n) is 2.89. The Kier molecular flexibility index (Phi) is 5.36. The highest BCUT2D eigenvalue weighted by Crippen LogP contribution is 2.33. The van der Waals surface area contributed by atoms with Gasteiger partial charge in [0.1, 0.15) is 6.04 Å². The SMILES string of the molecule is CC[C@@H](NC(=O)c1cn[nH]c1C1CCCCC1)C(=O)OC. The van der Waals surface area contributed by atoms with E-state index in [1.807, 2.05) is 6.92 Å². The molecule has 0 spiro atoms. The lowest BCUT2D eigenvalue weighted by atomic mass is 9.85. The Hall–Kier alpha value is -1.85. The molecule has 0 aromatic carbocycles. The zero-order valence-electron chi connectivity index (χ0n) is 12.6. The summed E-state index contributed by atoms with van der Waals surface area (Å²) in [5.41, 5.74) is 1.44. The van der Waals surface area contributed by atoms with E-state index in [2.05, 4.69) is 15.5 Å². The van der Waals surface area contributed by atoms with Gasteiger partial charge in [-0.25, -0.2) is 4.79 Å². The van der Waals surface area contributed by atoms with E-state index in [0.29, 0.717) is 17.9 Å². The van der Waals surface area contributed by atoms with Gasteiger partial charge in [0.15, 0.2) is 0 Å². The number of H-pyrrole nitrogens is 1. The summed E-state index contributed by atoms with van der Waals surface area (Å²) in [5, 5.41) is 9.70. The summed E-state index contributed by atoms with van der Waals surface area (Å²) in [6, 6.07) is -0.614. The highest BCUT2D eigenvalue weighted by molar-refractivity contribution is 5.97. The summed E-state index contributed by atoms with van der Waals surface area (Å²) >= 11 is 0. The molecule has 0 bridgehead atoms. The highest BCUT2D eigenvalue weighted by atomic mass is 16.5. The van der Waals surface area contributed by atoms with Gasteiger partial charge in [0.25, 0.3) is 5.91 Å². The molecule has 1 aliphatic carbocycles. The van der Waals surface area contributed by atoms with E-state index < -0.39 is 12.0 Å². The van der Waals surface area contributed by atoms with Crippen molar-refractivity contribution in [2.24, 2.45) is 0 Å². The smallest absolute Gasteiger partial charge is 0.328 e. The van der Waals surface area contributed by atoms with Crippen molar-refractivity contribution in [2.75, 3.05) is 7.11 Å². The van der Waals surface area contributed by atoms with Crippen molar-refractivity contribution >= 4 is 11.9 Å². The number of carbonyl (C=O) groups is 2. The first-order valence-electron chi connectivity index (χ1n) is 7.59. The molecule has 1 aromatic heterocycles. The molecule has 6 nitrogen and oxygen atoms in total. The number of nitrogens with zero attached hydrogens (tertiary/aromatic N) is 1. The molecule has 1 atom stereocenters. The zero-order chi connectivity index (χ0) is 15.2. The normalized spacial score (nSPS) is 17.2. The van der Waals surface area contributed by atoms with Crippen LogP contribution in [0.4, 0.5) is 0 Å². The lowest BCUT2D eigenvalue weighted by molar-refractivity contribution is -0.142. The molecule has 21 heavy (non-hydrogen) atoms. The Morgan fingerprint density at radius 2 is 2.14 bits per heavy atom. The summed E-state index contributed by atoms with van der Waals surface area (Å²) < 4.78 is 4.69. The summed E-state index contributed by atoms with van der Waals surface area (Å²) in [4.78, 5) is 24.0. The second-order valence-corrected chi connectivity index (χ2v) is 5.49. The number of carbonyl (C=O) groups excluding carboxylic acids is 2. The minimum atomic E-state index is -0.614. The molecule has 2 N–H and O–H groups in total. The second-order valence-electron chi connectivity index (χ2n) is 5.49. The largest absolute Gasteiger partial charge is 0.467 e. The van der Waals surface area contributed by atoms with Crippen LogP contribution in [0, 0.1) is 0 Å².